The maximum absolute atomic E-state index is 12.2. The highest BCUT2D eigenvalue weighted by Gasteiger charge is 2.13. The van der Waals surface area contributed by atoms with E-state index in [1.54, 1.807) is 37.4 Å². The molecule has 2 aromatic rings. The molecular weight excluding hydrogens is 258 g/mol. The molecular formula is C15H15NO4. The first-order valence-electron chi connectivity index (χ1n) is 5.96. The second-order valence-electron chi connectivity index (χ2n) is 4.07. The smallest absolute Gasteiger partial charge is 0.259 e. The van der Waals surface area contributed by atoms with E-state index >= 15 is 0 Å². The Balaban J connectivity index is 2.22. The van der Waals surface area contributed by atoms with Crippen molar-refractivity contribution < 1.29 is 19.4 Å². The van der Waals surface area contributed by atoms with Gasteiger partial charge in [-0.15, -0.1) is 0 Å². The van der Waals surface area contributed by atoms with Crippen LogP contribution in [0, 0.1) is 0 Å². The fourth-order valence-corrected chi connectivity index (χ4v) is 1.73. The molecule has 5 heteroatoms. The van der Waals surface area contributed by atoms with Gasteiger partial charge in [-0.1, -0.05) is 0 Å². The number of rotatable bonds is 4. The molecule has 0 unspecified atom stereocenters. The largest absolute Gasteiger partial charge is 0.508 e. The van der Waals surface area contributed by atoms with Crippen LogP contribution in [-0.4, -0.2) is 25.2 Å². The van der Waals surface area contributed by atoms with Gasteiger partial charge < -0.3 is 19.9 Å². The molecule has 1 amide bonds. The summed E-state index contributed by atoms with van der Waals surface area (Å²) in [6.45, 7) is 0. The Morgan fingerprint density at radius 1 is 1.05 bits per heavy atom. The minimum Gasteiger partial charge on any atom is -0.508 e. The van der Waals surface area contributed by atoms with Crippen molar-refractivity contribution in [2.75, 3.05) is 19.5 Å². The summed E-state index contributed by atoms with van der Waals surface area (Å²) in [5.74, 6) is 0.892. The Kier molecular flexibility index (Phi) is 4.10. The summed E-state index contributed by atoms with van der Waals surface area (Å²) in [6, 6.07) is 11.2. The number of amides is 1. The summed E-state index contributed by atoms with van der Waals surface area (Å²) in [7, 11) is 3.04. The lowest BCUT2D eigenvalue weighted by Gasteiger charge is -2.10. The molecule has 0 aromatic heterocycles. The molecule has 0 radical (unpaired) electrons. The molecule has 0 heterocycles. The summed E-state index contributed by atoms with van der Waals surface area (Å²) < 4.78 is 10.3. The van der Waals surface area contributed by atoms with Crippen molar-refractivity contribution in [3.63, 3.8) is 0 Å². The quantitative estimate of drug-likeness (QED) is 0.840. The molecule has 0 saturated heterocycles. The van der Waals surface area contributed by atoms with Crippen LogP contribution >= 0.6 is 0 Å². The van der Waals surface area contributed by atoms with E-state index in [0.29, 0.717) is 22.7 Å². The first-order valence-corrected chi connectivity index (χ1v) is 5.96. The molecule has 2 rings (SSSR count). The van der Waals surface area contributed by atoms with Crippen LogP contribution in [0.25, 0.3) is 0 Å². The van der Waals surface area contributed by atoms with Crippen LogP contribution in [0.5, 0.6) is 17.2 Å². The van der Waals surface area contributed by atoms with Crippen LogP contribution < -0.4 is 14.8 Å². The molecule has 0 bridgehead atoms. The van der Waals surface area contributed by atoms with Gasteiger partial charge in [0.05, 0.1) is 19.8 Å². The molecule has 20 heavy (non-hydrogen) atoms. The number of hydrogen-bond donors (Lipinski definition) is 2. The lowest BCUT2D eigenvalue weighted by molar-refractivity contribution is 0.102. The monoisotopic (exact) mass is 273 g/mol. The molecule has 0 saturated carbocycles. The normalized spacial score (nSPS) is 9.90. The van der Waals surface area contributed by atoms with Crippen molar-refractivity contribution >= 4 is 11.6 Å². The standard InChI is InChI=1S/C15H15NO4/c1-19-12-7-8-13(14(9-12)20-2)15(18)16-10-3-5-11(17)6-4-10/h3-9,17H,1-2H3,(H,16,18). The van der Waals surface area contributed by atoms with Gasteiger partial charge in [0.25, 0.3) is 5.91 Å². The maximum Gasteiger partial charge on any atom is 0.259 e. The van der Waals surface area contributed by atoms with E-state index in [4.69, 9.17) is 9.47 Å². The highest BCUT2D eigenvalue weighted by molar-refractivity contribution is 6.06. The van der Waals surface area contributed by atoms with E-state index in [-0.39, 0.29) is 11.7 Å². The van der Waals surface area contributed by atoms with Gasteiger partial charge in [0.2, 0.25) is 0 Å². The van der Waals surface area contributed by atoms with Gasteiger partial charge in [-0.25, -0.2) is 0 Å². The predicted molar refractivity (Wildman–Crippen MR) is 75.6 cm³/mol. The molecule has 104 valence electrons. The zero-order valence-electron chi connectivity index (χ0n) is 11.2. The number of hydrogen-bond acceptors (Lipinski definition) is 4. The molecule has 0 spiro atoms. The molecule has 0 atom stereocenters. The first-order chi connectivity index (χ1) is 9.63. The van der Waals surface area contributed by atoms with E-state index in [9.17, 15) is 9.90 Å². The van der Waals surface area contributed by atoms with E-state index in [2.05, 4.69) is 5.32 Å². The number of ether oxygens (including phenoxy) is 2. The minimum atomic E-state index is -0.296. The fraction of sp³-hybridized carbons (Fsp3) is 0.133. The van der Waals surface area contributed by atoms with E-state index in [1.165, 1.54) is 19.2 Å². The van der Waals surface area contributed by atoms with Gasteiger partial charge in [-0.2, -0.15) is 0 Å². The Bertz CT molecular complexity index is 608. The molecule has 0 aliphatic carbocycles. The van der Waals surface area contributed by atoms with Crippen LogP contribution in [0.4, 0.5) is 5.69 Å². The van der Waals surface area contributed by atoms with Gasteiger partial charge in [0, 0.05) is 11.8 Å². The predicted octanol–water partition coefficient (Wildman–Crippen LogP) is 2.66. The number of aromatic hydroxyl groups is 1. The average molecular weight is 273 g/mol. The van der Waals surface area contributed by atoms with Crippen molar-refractivity contribution in [3.8, 4) is 17.2 Å². The SMILES string of the molecule is COc1ccc(C(=O)Nc2ccc(O)cc2)c(OC)c1. The highest BCUT2D eigenvalue weighted by Crippen LogP contribution is 2.25. The van der Waals surface area contributed by atoms with Crippen LogP contribution in [0.15, 0.2) is 42.5 Å². The number of nitrogens with one attached hydrogen (secondary N) is 1. The number of carbonyl (C=O) groups excluding carboxylic acids is 1. The number of phenolic OH excluding ortho intramolecular Hbond substituents is 1. The average Bonchev–Trinajstić information content (AvgIpc) is 2.48. The lowest BCUT2D eigenvalue weighted by atomic mass is 10.1. The van der Waals surface area contributed by atoms with Crippen molar-refractivity contribution in [2.24, 2.45) is 0 Å². The van der Waals surface area contributed by atoms with Gasteiger partial charge in [0.15, 0.2) is 0 Å². The zero-order valence-corrected chi connectivity index (χ0v) is 11.2. The molecule has 2 aromatic carbocycles. The Morgan fingerprint density at radius 2 is 1.75 bits per heavy atom. The van der Waals surface area contributed by atoms with Crippen molar-refractivity contribution in [1.82, 2.24) is 0 Å². The highest BCUT2D eigenvalue weighted by atomic mass is 16.5. The Morgan fingerprint density at radius 3 is 2.35 bits per heavy atom. The van der Waals surface area contributed by atoms with Crippen LogP contribution in [0.2, 0.25) is 0 Å². The number of anilines is 1. The summed E-state index contributed by atoms with van der Waals surface area (Å²) in [5, 5.41) is 11.9. The van der Waals surface area contributed by atoms with E-state index in [1.807, 2.05) is 0 Å². The fourth-order valence-electron chi connectivity index (χ4n) is 1.73. The third kappa shape index (κ3) is 3.00. The summed E-state index contributed by atoms with van der Waals surface area (Å²) >= 11 is 0. The van der Waals surface area contributed by atoms with Gasteiger partial charge in [0.1, 0.15) is 17.2 Å². The number of methoxy groups -OCH3 is 2. The van der Waals surface area contributed by atoms with Crippen molar-refractivity contribution in [3.05, 3.63) is 48.0 Å². The third-order valence-corrected chi connectivity index (χ3v) is 2.78. The van der Waals surface area contributed by atoms with Gasteiger partial charge in [-0.3, -0.25) is 4.79 Å². The van der Waals surface area contributed by atoms with Crippen LogP contribution in [-0.2, 0) is 0 Å². The molecule has 0 aliphatic heterocycles. The Hall–Kier alpha value is -2.69. The summed E-state index contributed by atoms with van der Waals surface area (Å²) in [4.78, 5) is 12.2. The summed E-state index contributed by atoms with van der Waals surface area (Å²) in [5.41, 5.74) is 0.993. The molecule has 0 aliphatic rings. The number of benzene rings is 2. The third-order valence-electron chi connectivity index (χ3n) is 2.78. The van der Waals surface area contributed by atoms with E-state index in [0.717, 1.165) is 0 Å². The summed E-state index contributed by atoms with van der Waals surface area (Å²) in [6.07, 6.45) is 0. The number of phenols is 1. The molecule has 0 fully saturated rings. The minimum absolute atomic E-state index is 0.144. The van der Waals surface area contributed by atoms with Gasteiger partial charge in [-0.05, 0) is 36.4 Å². The van der Waals surface area contributed by atoms with Crippen LogP contribution in [0.3, 0.4) is 0 Å². The topological polar surface area (TPSA) is 67.8 Å². The van der Waals surface area contributed by atoms with Crippen molar-refractivity contribution in [1.29, 1.82) is 0 Å². The Labute approximate surface area is 116 Å². The second kappa shape index (κ2) is 5.97. The molecule has 2 N–H and O–H groups in total. The van der Waals surface area contributed by atoms with Gasteiger partial charge >= 0.3 is 0 Å². The van der Waals surface area contributed by atoms with Crippen molar-refractivity contribution in [2.45, 2.75) is 0 Å². The lowest BCUT2D eigenvalue weighted by Crippen LogP contribution is -2.13. The van der Waals surface area contributed by atoms with Crippen LogP contribution in [0.1, 0.15) is 10.4 Å². The maximum atomic E-state index is 12.2. The van der Waals surface area contributed by atoms with E-state index < -0.39 is 0 Å². The number of carbonyl (C=O) groups is 1. The first kappa shape index (κ1) is 13.7. The zero-order chi connectivity index (χ0) is 14.5. The molecule has 5 nitrogen and oxygen atoms in total. The second-order valence-corrected chi connectivity index (χ2v) is 4.07.